The second-order valence-electron chi connectivity index (χ2n) is 3.18. The summed E-state index contributed by atoms with van der Waals surface area (Å²) in [5.74, 6) is -1.17. The van der Waals surface area contributed by atoms with E-state index < -0.39 is 11.2 Å². The second kappa shape index (κ2) is 4.33. The lowest BCUT2D eigenvalue weighted by Crippen LogP contribution is -2.26. The number of rotatable bonds is 3. The average Bonchev–Trinajstić information content (AvgIpc) is 2.04. The zero-order chi connectivity index (χ0) is 9.90. The molecule has 0 spiro atoms. The molecular formula is C8H11ClF2O2. The minimum Gasteiger partial charge on any atom is -0.381 e. The van der Waals surface area contributed by atoms with Crippen molar-refractivity contribution in [2.24, 2.45) is 5.92 Å². The predicted octanol–water partition coefficient (Wildman–Crippen LogP) is 2.20. The average molecular weight is 213 g/mol. The van der Waals surface area contributed by atoms with Crippen LogP contribution in [-0.2, 0) is 9.53 Å². The van der Waals surface area contributed by atoms with Crippen LogP contribution in [0.25, 0.3) is 0 Å². The number of alkyl halides is 3. The van der Waals surface area contributed by atoms with Gasteiger partial charge in [-0.15, -0.1) is 0 Å². The summed E-state index contributed by atoms with van der Waals surface area (Å²) in [4.78, 5) is 10.8. The molecule has 0 unspecified atom stereocenters. The van der Waals surface area contributed by atoms with Crippen molar-refractivity contribution in [3.63, 3.8) is 0 Å². The molecule has 1 rings (SSSR count). The summed E-state index contributed by atoms with van der Waals surface area (Å²) in [6, 6.07) is 0. The molecule has 0 saturated carbocycles. The van der Waals surface area contributed by atoms with E-state index in [1.165, 1.54) is 0 Å². The molecule has 0 aromatic rings. The third-order valence-corrected chi connectivity index (χ3v) is 2.34. The number of Topliss-reactive ketones (excluding diaryl/α,β-unsaturated/α-hetero) is 1. The first-order valence-electron chi connectivity index (χ1n) is 4.18. The van der Waals surface area contributed by atoms with E-state index in [4.69, 9.17) is 4.74 Å². The third kappa shape index (κ3) is 3.56. The van der Waals surface area contributed by atoms with Gasteiger partial charge in [-0.3, -0.25) is 4.79 Å². The molecule has 0 aliphatic carbocycles. The second-order valence-corrected chi connectivity index (χ2v) is 3.66. The molecule has 1 heterocycles. The minimum absolute atomic E-state index is 0.00544. The summed E-state index contributed by atoms with van der Waals surface area (Å²) in [5.41, 5.74) is 0. The van der Waals surface area contributed by atoms with Crippen molar-refractivity contribution in [2.75, 3.05) is 13.2 Å². The van der Waals surface area contributed by atoms with E-state index in [1.807, 2.05) is 0 Å². The van der Waals surface area contributed by atoms with Gasteiger partial charge < -0.3 is 4.74 Å². The van der Waals surface area contributed by atoms with Crippen LogP contribution in [0.3, 0.4) is 0 Å². The van der Waals surface area contributed by atoms with Crippen LogP contribution in [0.1, 0.15) is 19.3 Å². The van der Waals surface area contributed by atoms with Crippen LogP contribution in [-0.4, -0.2) is 24.4 Å². The van der Waals surface area contributed by atoms with Gasteiger partial charge in [0.25, 0.3) is 0 Å². The monoisotopic (exact) mass is 212 g/mol. The Balaban J connectivity index is 2.35. The van der Waals surface area contributed by atoms with Crippen molar-refractivity contribution in [2.45, 2.75) is 24.6 Å². The molecule has 1 aliphatic rings. The molecule has 1 saturated heterocycles. The smallest absolute Gasteiger partial charge is 0.380 e. The molecule has 0 radical (unpaired) electrons. The number of halogens is 3. The highest BCUT2D eigenvalue weighted by Crippen LogP contribution is 2.27. The maximum Gasteiger partial charge on any atom is 0.380 e. The Labute approximate surface area is 80.2 Å². The van der Waals surface area contributed by atoms with Crippen LogP contribution in [0.4, 0.5) is 8.78 Å². The van der Waals surface area contributed by atoms with E-state index in [0.717, 1.165) is 0 Å². The van der Waals surface area contributed by atoms with Gasteiger partial charge in [-0.05, 0) is 30.4 Å². The van der Waals surface area contributed by atoms with E-state index in [9.17, 15) is 13.6 Å². The molecule has 0 atom stereocenters. The molecule has 0 bridgehead atoms. The van der Waals surface area contributed by atoms with E-state index in [2.05, 4.69) is 11.6 Å². The number of ether oxygens (including phenoxy) is 1. The van der Waals surface area contributed by atoms with Crippen LogP contribution >= 0.6 is 11.6 Å². The lowest BCUT2D eigenvalue weighted by atomic mass is 9.94. The van der Waals surface area contributed by atoms with Crippen LogP contribution in [0, 0.1) is 5.92 Å². The maximum atomic E-state index is 12.3. The van der Waals surface area contributed by atoms with Gasteiger partial charge in [0.15, 0.2) is 0 Å². The third-order valence-electron chi connectivity index (χ3n) is 2.13. The SMILES string of the molecule is O=C(CC1CCOCC1)C(F)(F)Cl. The van der Waals surface area contributed by atoms with Gasteiger partial charge >= 0.3 is 5.38 Å². The minimum atomic E-state index is -3.70. The molecule has 13 heavy (non-hydrogen) atoms. The van der Waals surface area contributed by atoms with E-state index in [0.29, 0.717) is 26.1 Å². The lowest BCUT2D eigenvalue weighted by Gasteiger charge is -2.21. The van der Waals surface area contributed by atoms with Gasteiger partial charge in [-0.1, -0.05) is 0 Å². The highest BCUT2D eigenvalue weighted by atomic mass is 35.5. The van der Waals surface area contributed by atoms with Gasteiger partial charge in [-0.2, -0.15) is 8.78 Å². The Morgan fingerprint density at radius 1 is 1.46 bits per heavy atom. The molecule has 0 aromatic heterocycles. The summed E-state index contributed by atoms with van der Waals surface area (Å²) >= 11 is 4.59. The number of carbonyl (C=O) groups is 1. The first kappa shape index (κ1) is 10.9. The summed E-state index contributed by atoms with van der Waals surface area (Å²) in [7, 11) is 0. The molecule has 0 amide bonds. The Morgan fingerprint density at radius 2 is 2.00 bits per heavy atom. The lowest BCUT2D eigenvalue weighted by molar-refractivity contribution is -0.135. The largest absolute Gasteiger partial charge is 0.381 e. The number of hydrogen-bond donors (Lipinski definition) is 0. The van der Waals surface area contributed by atoms with Crippen molar-refractivity contribution in [3.8, 4) is 0 Å². The Morgan fingerprint density at radius 3 is 2.46 bits per heavy atom. The quantitative estimate of drug-likeness (QED) is 0.671. The molecule has 1 fully saturated rings. The van der Waals surface area contributed by atoms with Crippen molar-refractivity contribution < 1.29 is 18.3 Å². The zero-order valence-corrected chi connectivity index (χ0v) is 7.82. The van der Waals surface area contributed by atoms with Crippen LogP contribution in [0.15, 0.2) is 0 Å². The first-order valence-corrected chi connectivity index (χ1v) is 4.55. The first-order chi connectivity index (χ1) is 6.00. The Bertz CT molecular complexity index is 185. The Kier molecular flexibility index (Phi) is 3.62. The van der Waals surface area contributed by atoms with Gasteiger partial charge in [0, 0.05) is 19.6 Å². The number of ketones is 1. The maximum absolute atomic E-state index is 12.3. The normalized spacial score (nSPS) is 20.2. The Hall–Kier alpha value is -0.220. The fourth-order valence-electron chi connectivity index (χ4n) is 1.33. The summed E-state index contributed by atoms with van der Waals surface area (Å²) < 4.78 is 29.5. The molecule has 0 N–H and O–H groups in total. The van der Waals surface area contributed by atoms with Crippen molar-refractivity contribution in [1.82, 2.24) is 0 Å². The molecule has 2 nitrogen and oxygen atoms in total. The number of hydrogen-bond acceptors (Lipinski definition) is 2. The van der Waals surface area contributed by atoms with Crippen molar-refractivity contribution in [3.05, 3.63) is 0 Å². The van der Waals surface area contributed by atoms with Gasteiger partial charge in [-0.25, -0.2) is 0 Å². The van der Waals surface area contributed by atoms with Gasteiger partial charge in [0.05, 0.1) is 0 Å². The van der Waals surface area contributed by atoms with Gasteiger partial charge in [0.2, 0.25) is 5.78 Å². The molecule has 76 valence electrons. The summed E-state index contributed by atoms with van der Waals surface area (Å²) in [5, 5.41) is -3.70. The van der Waals surface area contributed by atoms with E-state index in [1.54, 1.807) is 0 Å². The fraction of sp³-hybridized carbons (Fsp3) is 0.875. The summed E-state index contributed by atoms with van der Waals surface area (Å²) in [6.07, 6.45) is 1.19. The van der Waals surface area contributed by atoms with Crippen LogP contribution < -0.4 is 0 Å². The standard InChI is InChI=1S/C8H11ClF2O2/c9-8(10,11)7(12)5-6-1-3-13-4-2-6/h6H,1-5H2. The van der Waals surface area contributed by atoms with E-state index in [-0.39, 0.29) is 12.3 Å². The number of carbonyl (C=O) groups excluding carboxylic acids is 1. The van der Waals surface area contributed by atoms with Crippen LogP contribution in [0.5, 0.6) is 0 Å². The molecular weight excluding hydrogens is 202 g/mol. The molecule has 0 aromatic carbocycles. The predicted molar refractivity (Wildman–Crippen MR) is 44.0 cm³/mol. The van der Waals surface area contributed by atoms with Gasteiger partial charge in [0.1, 0.15) is 0 Å². The molecule has 1 aliphatic heterocycles. The topological polar surface area (TPSA) is 26.3 Å². The van der Waals surface area contributed by atoms with E-state index >= 15 is 0 Å². The highest BCUT2D eigenvalue weighted by Gasteiger charge is 2.36. The fourth-order valence-corrected chi connectivity index (χ4v) is 1.41. The molecule has 5 heteroatoms. The highest BCUT2D eigenvalue weighted by molar-refractivity contribution is 6.32. The van der Waals surface area contributed by atoms with Crippen LogP contribution in [0.2, 0.25) is 0 Å². The summed E-state index contributed by atoms with van der Waals surface area (Å²) in [6.45, 7) is 1.09. The van der Waals surface area contributed by atoms with Crippen molar-refractivity contribution in [1.29, 1.82) is 0 Å². The van der Waals surface area contributed by atoms with Crippen molar-refractivity contribution >= 4 is 17.4 Å². The zero-order valence-electron chi connectivity index (χ0n) is 7.06.